The van der Waals surface area contributed by atoms with Crippen molar-refractivity contribution in [2.75, 3.05) is 0 Å². The minimum Gasteiger partial charge on any atom is -0.461 e. The van der Waals surface area contributed by atoms with Crippen molar-refractivity contribution < 1.29 is 23.9 Å². The summed E-state index contributed by atoms with van der Waals surface area (Å²) >= 11 is 1.74. The molecule has 2 aromatic rings. The molecule has 0 radical (unpaired) electrons. The summed E-state index contributed by atoms with van der Waals surface area (Å²) in [6.07, 6.45) is 0.690. The summed E-state index contributed by atoms with van der Waals surface area (Å²) in [5.41, 5.74) is 2.55. The number of fused-ring (bicyclic) bond motifs is 3. The van der Waals surface area contributed by atoms with Crippen molar-refractivity contribution in [1.29, 1.82) is 0 Å². The monoisotopic (exact) mass is 488 g/mol. The van der Waals surface area contributed by atoms with E-state index in [0.717, 1.165) is 27.3 Å². The predicted octanol–water partition coefficient (Wildman–Crippen LogP) is 5.06. The van der Waals surface area contributed by atoms with Crippen molar-refractivity contribution >= 4 is 29.5 Å². The maximum absolute atomic E-state index is 14.0. The number of allylic oxidation sites excluding steroid dienone is 1. The summed E-state index contributed by atoms with van der Waals surface area (Å²) in [5.74, 6) is -1.31. The minimum atomic E-state index is -0.986. The number of Topliss-reactive ketones (excluding diaryl/α,β-unsaturated/α-hetero) is 1. The quantitative estimate of drug-likeness (QED) is 0.433. The van der Waals surface area contributed by atoms with E-state index in [2.05, 4.69) is 18.7 Å². The lowest BCUT2D eigenvalue weighted by Crippen LogP contribution is -2.42. The van der Waals surface area contributed by atoms with E-state index in [0.29, 0.717) is 12.0 Å². The van der Waals surface area contributed by atoms with Gasteiger partial charge in [-0.05, 0) is 43.4 Å². The third kappa shape index (κ3) is 3.33. The molecule has 180 valence electrons. The predicted molar refractivity (Wildman–Crippen MR) is 131 cm³/mol. The Morgan fingerprint density at radius 1 is 1.11 bits per heavy atom. The first-order chi connectivity index (χ1) is 16.8. The van der Waals surface area contributed by atoms with Crippen LogP contribution in [0, 0.1) is 29.6 Å². The minimum absolute atomic E-state index is 0.0231. The number of esters is 2. The van der Waals surface area contributed by atoms with E-state index in [9.17, 15) is 14.4 Å². The van der Waals surface area contributed by atoms with Crippen molar-refractivity contribution in [3.8, 4) is 0 Å². The molecule has 2 heterocycles. The molecule has 0 amide bonds. The van der Waals surface area contributed by atoms with Crippen LogP contribution in [-0.4, -0.2) is 23.8 Å². The Balaban J connectivity index is 1.37. The molecule has 35 heavy (non-hydrogen) atoms. The number of ketones is 1. The molecular weight excluding hydrogens is 460 g/mol. The lowest BCUT2D eigenvalue weighted by Gasteiger charge is -2.36. The number of carbonyl (C=O) groups is 3. The van der Waals surface area contributed by atoms with Gasteiger partial charge in [0.25, 0.3) is 0 Å². The first-order valence-corrected chi connectivity index (χ1v) is 13.2. The Kier molecular flexibility index (Phi) is 5.22. The van der Waals surface area contributed by atoms with E-state index < -0.39 is 17.4 Å². The molecule has 2 aromatic carbocycles. The van der Waals surface area contributed by atoms with Gasteiger partial charge >= 0.3 is 11.9 Å². The molecule has 6 rings (SSSR count). The molecule has 0 spiro atoms. The fourth-order valence-electron chi connectivity index (χ4n) is 6.94. The molecule has 4 aliphatic rings. The smallest absolute Gasteiger partial charge is 0.311 e. The Hall–Kier alpha value is -2.86. The summed E-state index contributed by atoms with van der Waals surface area (Å²) < 4.78 is 12.2. The molecule has 2 aliphatic heterocycles. The number of hydrogen-bond donors (Lipinski definition) is 0. The van der Waals surface area contributed by atoms with E-state index in [-0.39, 0.29) is 48.0 Å². The number of benzene rings is 2. The van der Waals surface area contributed by atoms with E-state index in [4.69, 9.17) is 9.47 Å². The molecule has 6 heteroatoms. The SMILES string of the molecule is C=C(C)C(=O)CC1C2CC3C1OC(=O)C3C2C(=O)OC1(C)c2ccccc2CSc2ccccc21. The third-order valence-corrected chi connectivity index (χ3v) is 9.68. The first-order valence-electron chi connectivity index (χ1n) is 12.2. The van der Waals surface area contributed by atoms with Crippen LogP contribution in [-0.2, 0) is 35.2 Å². The van der Waals surface area contributed by atoms with Crippen LogP contribution in [0.15, 0.2) is 65.6 Å². The van der Waals surface area contributed by atoms with E-state index >= 15 is 0 Å². The van der Waals surface area contributed by atoms with Crippen LogP contribution in [0.5, 0.6) is 0 Å². The Morgan fingerprint density at radius 2 is 1.83 bits per heavy atom. The number of ether oxygens (including phenoxy) is 2. The number of hydrogen-bond acceptors (Lipinski definition) is 6. The first kappa shape index (κ1) is 22.6. The number of rotatable bonds is 5. The van der Waals surface area contributed by atoms with E-state index in [1.807, 2.05) is 43.3 Å². The second-order valence-electron chi connectivity index (χ2n) is 10.5. The average molecular weight is 489 g/mol. The van der Waals surface area contributed by atoms with Gasteiger partial charge in [0.15, 0.2) is 11.4 Å². The highest BCUT2D eigenvalue weighted by Gasteiger charge is 2.69. The van der Waals surface area contributed by atoms with Gasteiger partial charge in [0, 0.05) is 40.0 Å². The van der Waals surface area contributed by atoms with Crippen molar-refractivity contribution in [2.24, 2.45) is 29.6 Å². The van der Waals surface area contributed by atoms with E-state index in [1.165, 1.54) is 0 Å². The summed E-state index contributed by atoms with van der Waals surface area (Å²) in [6.45, 7) is 7.43. The van der Waals surface area contributed by atoms with Crippen LogP contribution in [0.2, 0.25) is 0 Å². The lowest BCUT2D eigenvalue weighted by molar-refractivity contribution is -0.166. The third-order valence-electron chi connectivity index (χ3n) is 8.56. The van der Waals surface area contributed by atoms with Crippen LogP contribution in [0.4, 0.5) is 0 Å². The number of carbonyl (C=O) groups excluding carboxylic acids is 3. The highest BCUT2D eigenvalue weighted by molar-refractivity contribution is 7.98. The summed E-state index contributed by atoms with van der Waals surface area (Å²) in [4.78, 5) is 40.5. The molecule has 7 unspecified atom stereocenters. The fraction of sp³-hybridized carbons (Fsp3) is 0.414. The zero-order chi connectivity index (χ0) is 24.5. The van der Waals surface area contributed by atoms with Gasteiger partial charge in [-0.15, -0.1) is 11.8 Å². The molecule has 2 saturated carbocycles. The van der Waals surface area contributed by atoms with Crippen LogP contribution < -0.4 is 0 Å². The summed E-state index contributed by atoms with van der Waals surface area (Å²) in [6, 6.07) is 16.1. The molecule has 2 aliphatic carbocycles. The maximum atomic E-state index is 14.0. The van der Waals surface area contributed by atoms with Gasteiger partial charge < -0.3 is 9.47 Å². The zero-order valence-electron chi connectivity index (χ0n) is 19.9. The molecule has 7 atom stereocenters. The Labute approximate surface area is 209 Å². The molecule has 2 bridgehead atoms. The van der Waals surface area contributed by atoms with Gasteiger partial charge in [0.05, 0.1) is 11.8 Å². The van der Waals surface area contributed by atoms with Gasteiger partial charge in [-0.2, -0.15) is 0 Å². The molecular formula is C29H28O5S. The standard InChI is InChI=1S/C29H28O5S/c1-15(2)22(30)13-18-17-12-19-25(27(31)33-26(18)19)24(17)28(32)34-29(3)20-9-5-4-8-16(20)14-35-23-11-7-6-10-21(23)29/h4-11,17-19,24-26H,1,12-14H2,2-3H3. The van der Waals surface area contributed by atoms with Gasteiger partial charge in [-0.1, -0.05) is 49.0 Å². The molecule has 0 N–H and O–H groups in total. The molecule has 3 fully saturated rings. The summed E-state index contributed by atoms with van der Waals surface area (Å²) in [5, 5.41) is 0. The maximum Gasteiger partial charge on any atom is 0.311 e. The second-order valence-corrected chi connectivity index (χ2v) is 11.5. The van der Waals surface area contributed by atoms with Crippen LogP contribution in [0.1, 0.15) is 43.4 Å². The number of thioether (sulfide) groups is 1. The normalized spacial score (nSPS) is 33.9. The van der Waals surface area contributed by atoms with E-state index in [1.54, 1.807) is 18.7 Å². The van der Waals surface area contributed by atoms with Crippen molar-refractivity contribution in [3.63, 3.8) is 0 Å². The Morgan fingerprint density at radius 3 is 2.60 bits per heavy atom. The van der Waals surface area contributed by atoms with Crippen LogP contribution in [0.25, 0.3) is 0 Å². The highest BCUT2D eigenvalue weighted by Crippen LogP contribution is 2.62. The fourth-order valence-corrected chi connectivity index (χ4v) is 8.10. The molecule has 0 aromatic heterocycles. The van der Waals surface area contributed by atoms with Crippen molar-refractivity contribution in [2.45, 2.75) is 49.0 Å². The average Bonchev–Trinajstić information content (AvgIpc) is 3.43. The molecule has 1 saturated heterocycles. The van der Waals surface area contributed by atoms with Crippen LogP contribution >= 0.6 is 11.8 Å². The zero-order valence-corrected chi connectivity index (χ0v) is 20.7. The van der Waals surface area contributed by atoms with Gasteiger partial charge in [0.2, 0.25) is 0 Å². The topological polar surface area (TPSA) is 69.7 Å². The molecule has 5 nitrogen and oxygen atoms in total. The largest absolute Gasteiger partial charge is 0.461 e. The van der Waals surface area contributed by atoms with Gasteiger partial charge in [0.1, 0.15) is 6.10 Å². The van der Waals surface area contributed by atoms with Crippen molar-refractivity contribution in [1.82, 2.24) is 0 Å². The lowest BCUT2D eigenvalue weighted by atomic mass is 9.72. The van der Waals surface area contributed by atoms with Crippen molar-refractivity contribution in [3.05, 3.63) is 77.4 Å². The summed E-state index contributed by atoms with van der Waals surface area (Å²) in [7, 11) is 0. The second kappa shape index (κ2) is 8.09. The Bertz CT molecular complexity index is 1220. The highest BCUT2D eigenvalue weighted by atomic mass is 32.2. The van der Waals surface area contributed by atoms with Crippen LogP contribution in [0.3, 0.4) is 0 Å². The van der Waals surface area contributed by atoms with Gasteiger partial charge in [-0.3, -0.25) is 14.4 Å². The van der Waals surface area contributed by atoms with Gasteiger partial charge in [-0.25, -0.2) is 0 Å².